The van der Waals surface area contributed by atoms with Crippen LogP contribution in [0.25, 0.3) is 27.3 Å². The first-order valence-corrected chi connectivity index (χ1v) is 15.5. The van der Waals surface area contributed by atoms with E-state index in [0.29, 0.717) is 42.2 Å². The normalized spacial score (nSPS) is 19.8. The minimum atomic E-state index is -0.403. The molecule has 41 heavy (non-hydrogen) atoms. The van der Waals surface area contributed by atoms with E-state index in [1.807, 2.05) is 46.0 Å². The number of pyridine rings is 1. The molecule has 1 amide bonds. The molecule has 4 aromatic rings. The molecule has 2 aliphatic rings. The number of esters is 1. The second kappa shape index (κ2) is 12.2. The average Bonchev–Trinajstić information content (AvgIpc) is 3.65. The highest BCUT2D eigenvalue weighted by Gasteiger charge is 2.34. The summed E-state index contributed by atoms with van der Waals surface area (Å²) in [6.07, 6.45) is 9.79. The van der Waals surface area contributed by atoms with E-state index in [1.165, 1.54) is 18.4 Å². The number of hydrogen-bond acceptors (Lipinski definition) is 6. The molecule has 2 fully saturated rings. The van der Waals surface area contributed by atoms with Crippen LogP contribution in [0.1, 0.15) is 55.1 Å². The van der Waals surface area contributed by atoms with Gasteiger partial charge < -0.3 is 18.8 Å². The molecule has 1 aliphatic heterocycles. The fraction of sp³-hybridized carbons (Fsp3) is 0.424. The van der Waals surface area contributed by atoms with Crippen molar-refractivity contribution in [3.05, 3.63) is 65.8 Å². The molecule has 1 aliphatic carbocycles. The predicted octanol–water partition coefficient (Wildman–Crippen LogP) is 7.10. The van der Waals surface area contributed by atoms with Crippen molar-refractivity contribution in [2.45, 2.75) is 45.4 Å². The van der Waals surface area contributed by atoms with Gasteiger partial charge in [-0.1, -0.05) is 37.3 Å². The van der Waals surface area contributed by atoms with Gasteiger partial charge in [0, 0.05) is 48.5 Å². The van der Waals surface area contributed by atoms with Crippen LogP contribution in [-0.4, -0.2) is 48.1 Å². The molecule has 3 aromatic heterocycles. The van der Waals surface area contributed by atoms with E-state index in [2.05, 4.69) is 31.2 Å². The SMILES string of the molecule is COC(=O)c1sc(-c2ccc(-c3cn4ccccc4n3)cc2)cc1N(CC1CCOCC1)C(=O)C1CCC(C)CC1. The van der Waals surface area contributed by atoms with Gasteiger partial charge in [-0.3, -0.25) is 4.79 Å². The first-order chi connectivity index (χ1) is 20.0. The third kappa shape index (κ3) is 5.95. The van der Waals surface area contributed by atoms with E-state index in [9.17, 15) is 9.59 Å². The standard InChI is InChI=1S/C33H37N3O4S/c1-22-6-8-26(9-7-22)32(37)36(20-23-14-17-40-18-15-23)28-19-29(41-31(28)33(38)39-2)25-12-10-24(11-13-25)27-21-35-16-4-3-5-30(35)34-27/h3-5,10-13,16,19,21-23,26H,6-9,14-15,17-18,20H2,1-2H3. The molecule has 0 unspecified atom stereocenters. The zero-order chi connectivity index (χ0) is 28.3. The summed E-state index contributed by atoms with van der Waals surface area (Å²) >= 11 is 1.39. The number of thiophene rings is 1. The van der Waals surface area contributed by atoms with Gasteiger partial charge in [0.15, 0.2) is 0 Å². The maximum atomic E-state index is 14.1. The number of imidazole rings is 1. The summed E-state index contributed by atoms with van der Waals surface area (Å²) in [5, 5.41) is 0. The predicted molar refractivity (Wildman–Crippen MR) is 162 cm³/mol. The number of anilines is 1. The van der Waals surface area contributed by atoms with E-state index >= 15 is 0 Å². The number of nitrogens with zero attached hydrogens (tertiary/aromatic N) is 3. The van der Waals surface area contributed by atoms with Crippen molar-refractivity contribution in [1.29, 1.82) is 0 Å². The topological polar surface area (TPSA) is 73.1 Å². The monoisotopic (exact) mass is 571 g/mol. The zero-order valence-electron chi connectivity index (χ0n) is 23.8. The van der Waals surface area contributed by atoms with Gasteiger partial charge in [0.25, 0.3) is 0 Å². The number of carbonyl (C=O) groups is 2. The van der Waals surface area contributed by atoms with Crippen molar-refractivity contribution in [2.24, 2.45) is 17.8 Å². The molecule has 1 aromatic carbocycles. The second-order valence-corrected chi connectivity index (χ2v) is 12.5. The van der Waals surface area contributed by atoms with Crippen molar-refractivity contribution < 1.29 is 19.1 Å². The van der Waals surface area contributed by atoms with Crippen LogP contribution in [0.5, 0.6) is 0 Å². The van der Waals surface area contributed by atoms with E-state index in [-0.39, 0.29) is 11.8 Å². The molecule has 1 saturated carbocycles. The summed E-state index contributed by atoms with van der Waals surface area (Å²) in [5.74, 6) is 0.725. The van der Waals surface area contributed by atoms with Gasteiger partial charge in [0.2, 0.25) is 5.91 Å². The van der Waals surface area contributed by atoms with Crippen LogP contribution in [0, 0.1) is 17.8 Å². The lowest BCUT2D eigenvalue weighted by Crippen LogP contribution is -2.42. The third-order valence-electron chi connectivity index (χ3n) is 8.62. The van der Waals surface area contributed by atoms with Crippen molar-refractivity contribution in [1.82, 2.24) is 9.38 Å². The number of fused-ring (bicyclic) bond motifs is 1. The molecule has 0 bridgehead atoms. The molecule has 0 spiro atoms. The number of rotatable bonds is 7. The maximum Gasteiger partial charge on any atom is 0.350 e. The van der Waals surface area contributed by atoms with E-state index in [0.717, 1.165) is 65.9 Å². The summed E-state index contributed by atoms with van der Waals surface area (Å²) in [7, 11) is 1.41. The van der Waals surface area contributed by atoms with Crippen molar-refractivity contribution >= 4 is 34.5 Å². The molecular formula is C33H37N3O4S. The number of amides is 1. The molecule has 0 atom stereocenters. The van der Waals surface area contributed by atoms with Crippen molar-refractivity contribution in [3.8, 4) is 21.7 Å². The number of hydrogen-bond donors (Lipinski definition) is 0. The van der Waals surface area contributed by atoms with Crippen molar-refractivity contribution in [2.75, 3.05) is 31.8 Å². The van der Waals surface area contributed by atoms with Gasteiger partial charge in [0.1, 0.15) is 10.5 Å². The summed E-state index contributed by atoms with van der Waals surface area (Å²) in [6, 6.07) is 16.2. The Morgan fingerprint density at radius 3 is 2.46 bits per heavy atom. The molecule has 1 saturated heterocycles. The highest BCUT2D eigenvalue weighted by Crippen LogP contribution is 2.40. The number of carbonyl (C=O) groups excluding carboxylic acids is 2. The lowest BCUT2D eigenvalue weighted by Gasteiger charge is -2.34. The first kappa shape index (κ1) is 27.7. The minimum absolute atomic E-state index is 0.00963. The van der Waals surface area contributed by atoms with Gasteiger partial charge in [-0.25, -0.2) is 9.78 Å². The summed E-state index contributed by atoms with van der Waals surface area (Å²) in [6.45, 7) is 4.29. The fourth-order valence-corrected chi connectivity index (χ4v) is 7.15. The minimum Gasteiger partial charge on any atom is -0.465 e. The maximum absolute atomic E-state index is 14.1. The van der Waals surface area contributed by atoms with Crippen LogP contribution in [0.15, 0.2) is 60.9 Å². The molecule has 8 heteroatoms. The highest BCUT2D eigenvalue weighted by molar-refractivity contribution is 7.18. The molecule has 214 valence electrons. The first-order valence-electron chi connectivity index (χ1n) is 14.7. The van der Waals surface area contributed by atoms with Crippen LogP contribution in [0.4, 0.5) is 5.69 Å². The average molecular weight is 572 g/mol. The summed E-state index contributed by atoms with van der Waals surface area (Å²) < 4.78 is 12.8. The Balaban J connectivity index is 1.33. The molecule has 4 heterocycles. The van der Waals surface area contributed by atoms with Gasteiger partial charge in [-0.2, -0.15) is 0 Å². The Morgan fingerprint density at radius 1 is 1.02 bits per heavy atom. The van der Waals surface area contributed by atoms with Crippen LogP contribution >= 0.6 is 11.3 Å². The Bertz CT molecular complexity index is 1480. The molecular weight excluding hydrogens is 534 g/mol. The number of benzene rings is 1. The number of methoxy groups -OCH3 is 1. The lowest BCUT2D eigenvalue weighted by atomic mass is 9.82. The Hall–Kier alpha value is -3.49. The summed E-state index contributed by atoms with van der Waals surface area (Å²) in [4.78, 5) is 35.2. The molecule has 7 nitrogen and oxygen atoms in total. The Morgan fingerprint density at radius 2 is 1.76 bits per heavy atom. The van der Waals surface area contributed by atoms with Gasteiger partial charge in [-0.05, 0) is 74.1 Å². The van der Waals surface area contributed by atoms with Gasteiger partial charge in [-0.15, -0.1) is 11.3 Å². The zero-order valence-corrected chi connectivity index (χ0v) is 24.6. The number of aromatic nitrogens is 2. The smallest absolute Gasteiger partial charge is 0.350 e. The largest absolute Gasteiger partial charge is 0.465 e. The second-order valence-electron chi connectivity index (χ2n) is 11.4. The lowest BCUT2D eigenvalue weighted by molar-refractivity contribution is -0.123. The van der Waals surface area contributed by atoms with E-state index in [1.54, 1.807) is 0 Å². The number of ether oxygens (including phenoxy) is 2. The van der Waals surface area contributed by atoms with Crippen LogP contribution < -0.4 is 4.90 Å². The summed E-state index contributed by atoms with van der Waals surface area (Å²) in [5.41, 5.74) is 4.49. The fourth-order valence-electron chi connectivity index (χ4n) is 6.06. The van der Waals surface area contributed by atoms with Crippen molar-refractivity contribution in [3.63, 3.8) is 0 Å². The van der Waals surface area contributed by atoms with Gasteiger partial charge in [0.05, 0.1) is 18.5 Å². The Kier molecular flexibility index (Phi) is 8.21. The molecule has 0 N–H and O–H groups in total. The van der Waals surface area contributed by atoms with Crippen LogP contribution in [0.2, 0.25) is 0 Å². The van der Waals surface area contributed by atoms with E-state index in [4.69, 9.17) is 14.5 Å². The Labute approximate surface area is 245 Å². The molecule has 6 rings (SSSR count). The van der Waals surface area contributed by atoms with Crippen LogP contribution in [-0.2, 0) is 14.3 Å². The third-order valence-corrected chi connectivity index (χ3v) is 9.77. The van der Waals surface area contributed by atoms with E-state index < -0.39 is 5.97 Å². The highest BCUT2D eigenvalue weighted by atomic mass is 32.1. The quantitative estimate of drug-likeness (QED) is 0.221. The van der Waals surface area contributed by atoms with Crippen LogP contribution in [0.3, 0.4) is 0 Å². The molecule has 0 radical (unpaired) electrons. The van der Waals surface area contributed by atoms with Gasteiger partial charge >= 0.3 is 5.97 Å².